The Morgan fingerprint density at radius 2 is 0.479 bits per heavy atom. The van der Waals surface area contributed by atoms with Crippen LogP contribution in [0.1, 0.15) is 401 Å². The number of unbranched alkanes of at least 4 members (excludes halogenated alkanes) is 46. The topological polar surface area (TPSA) is 237 Å². The second-order valence-corrected chi connectivity index (χ2v) is 31.6. The molecule has 0 aromatic carbocycles. The van der Waals surface area contributed by atoms with Gasteiger partial charge in [-0.1, -0.05) is 350 Å². The van der Waals surface area contributed by atoms with E-state index in [2.05, 4.69) is 41.5 Å². The Labute approximate surface area is 588 Å². The number of phosphoric acid groups is 2. The lowest BCUT2D eigenvalue weighted by Gasteiger charge is -2.21. The molecule has 3 N–H and O–H groups in total. The number of aliphatic hydroxyl groups excluding tert-OH is 1. The minimum absolute atomic E-state index is 0.105. The molecular formula is C77H150O17P2. The normalized spacial score (nSPS) is 14.0. The second-order valence-electron chi connectivity index (χ2n) is 28.7. The van der Waals surface area contributed by atoms with Gasteiger partial charge < -0.3 is 33.8 Å². The summed E-state index contributed by atoms with van der Waals surface area (Å²) in [6.07, 6.45) is 57.1. The van der Waals surface area contributed by atoms with Crippen molar-refractivity contribution in [2.75, 3.05) is 39.6 Å². The van der Waals surface area contributed by atoms with Crippen LogP contribution in [0.15, 0.2) is 0 Å². The van der Waals surface area contributed by atoms with Crippen molar-refractivity contribution in [3.8, 4) is 0 Å². The molecule has 0 aromatic rings. The number of hydrogen-bond acceptors (Lipinski definition) is 15. The van der Waals surface area contributed by atoms with Gasteiger partial charge in [0.1, 0.15) is 19.3 Å². The first-order valence-electron chi connectivity index (χ1n) is 40.0. The lowest BCUT2D eigenvalue weighted by Crippen LogP contribution is -2.30. The van der Waals surface area contributed by atoms with Gasteiger partial charge >= 0.3 is 39.5 Å². The average Bonchev–Trinajstić information content (AvgIpc) is 1.41. The minimum atomic E-state index is -4.96. The molecule has 17 nitrogen and oxygen atoms in total. The van der Waals surface area contributed by atoms with E-state index in [-0.39, 0.29) is 25.7 Å². The predicted octanol–water partition coefficient (Wildman–Crippen LogP) is 22.7. The number of hydrogen-bond donors (Lipinski definition) is 3. The van der Waals surface area contributed by atoms with Gasteiger partial charge in [-0.2, -0.15) is 0 Å². The highest BCUT2D eigenvalue weighted by Crippen LogP contribution is 2.45. The van der Waals surface area contributed by atoms with Crippen molar-refractivity contribution < 1.29 is 80.2 Å². The van der Waals surface area contributed by atoms with Crippen LogP contribution >= 0.6 is 15.6 Å². The van der Waals surface area contributed by atoms with Crippen molar-refractivity contribution in [3.63, 3.8) is 0 Å². The van der Waals surface area contributed by atoms with Gasteiger partial charge in [0.15, 0.2) is 12.2 Å². The van der Waals surface area contributed by atoms with Crippen LogP contribution in [-0.4, -0.2) is 96.7 Å². The summed E-state index contributed by atoms with van der Waals surface area (Å²) < 4.78 is 68.5. The number of rotatable bonds is 76. The molecule has 0 aliphatic heterocycles. The average molecular weight is 1410 g/mol. The standard InChI is InChI=1S/C77H150O17P2/c1-7-9-11-13-15-17-18-19-20-21-22-23-26-30-33-36-43-49-55-61-76(81)93-73(66-88-75(80)60-54-48-42-35-32-29-27-24-25-28-31-34-39-45-51-57-69(3)4)68-92-96(85,86)90-64-71(78)63-89-95(83,84)91-67-72(65-87-74(79)59-53-47-41-16-14-12-10-8-2)94-77(82)62-56-50-44-38-37-40-46-52-58-70(5)6/h69-73,78H,7-68H2,1-6H3,(H,83,84)(H,85,86)/t71-,72+,73+/m0/s1. The molecule has 0 aliphatic rings. The maximum Gasteiger partial charge on any atom is 0.472 e. The zero-order valence-electron chi connectivity index (χ0n) is 62.7. The fraction of sp³-hybridized carbons (Fsp3) is 0.948. The lowest BCUT2D eigenvalue weighted by atomic mass is 10.0. The summed E-state index contributed by atoms with van der Waals surface area (Å²) in [5.41, 5.74) is 0. The molecule has 0 radical (unpaired) electrons. The third-order valence-electron chi connectivity index (χ3n) is 18.0. The van der Waals surface area contributed by atoms with Crippen LogP contribution in [0.2, 0.25) is 0 Å². The zero-order valence-corrected chi connectivity index (χ0v) is 64.5. The predicted molar refractivity (Wildman–Crippen MR) is 391 cm³/mol. The van der Waals surface area contributed by atoms with Gasteiger partial charge in [-0.3, -0.25) is 37.3 Å². The van der Waals surface area contributed by atoms with E-state index in [1.807, 2.05) is 0 Å². The van der Waals surface area contributed by atoms with Crippen molar-refractivity contribution in [1.82, 2.24) is 0 Å². The molecule has 0 aromatic heterocycles. The van der Waals surface area contributed by atoms with Crippen LogP contribution < -0.4 is 0 Å². The van der Waals surface area contributed by atoms with E-state index < -0.39 is 97.5 Å². The summed E-state index contributed by atoms with van der Waals surface area (Å²) in [5, 5.41) is 10.6. The molecule has 0 rings (SSSR count). The van der Waals surface area contributed by atoms with Gasteiger partial charge in [0.25, 0.3) is 0 Å². The van der Waals surface area contributed by atoms with Gasteiger partial charge in [-0.05, 0) is 37.5 Å². The van der Waals surface area contributed by atoms with E-state index in [1.54, 1.807) is 0 Å². The molecule has 0 spiro atoms. The Bertz CT molecular complexity index is 1860. The monoisotopic (exact) mass is 1410 g/mol. The van der Waals surface area contributed by atoms with Gasteiger partial charge in [-0.15, -0.1) is 0 Å². The number of carbonyl (C=O) groups excluding carboxylic acids is 4. The number of aliphatic hydroxyl groups is 1. The van der Waals surface area contributed by atoms with E-state index >= 15 is 0 Å². The third-order valence-corrected chi connectivity index (χ3v) is 19.9. The van der Waals surface area contributed by atoms with E-state index in [0.29, 0.717) is 25.7 Å². The highest BCUT2D eigenvalue weighted by molar-refractivity contribution is 7.47. The van der Waals surface area contributed by atoms with Crippen molar-refractivity contribution in [1.29, 1.82) is 0 Å². The Morgan fingerprint density at radius 1 is 0.281 bits per heavy atom. The Hall–Kier alpha value is -1.94. The van der Waals surface area contributed by atoms with Gasteiger partial charge in [0.05, 0.1) is 26.4 Å². The molecule has 96 heavy (non-hydrogen) atoms. The molecule has 5 atom stereocenters. The lowest BCUT2D eigenvalue weighted by molar-refractivity contribution is -0.161. The summed E-state index contributed by atoms with van der Waals surface area (Å²) >= 11 is 0. The van der Waals surface area contributed by atoms with Crippen LogP contribution in [0.3, 0.4) is 0 Å². The quantitative estimate of drug-likeness (QED) is 0.0222. The van der Waals surface area contributed by atoms with Crippen molar-refractivity contribution in [3.05, 3.63) is 0 Å². The van der Waals surface area contributed by atoms with Gasteiger partial charge in [-0.25, -0.2) is 9.13 Å². The highest BCUT2D eigenvalue weighted by Gasteiger charge is 2.30. The summed E-state index contributed by atoms with van der Waals surface area (Å²) in [6.45, 7) is 9.56. The third kappa shape index (κ3) is 70.5. The van der Waals surface area contributed by atoms with E-state index in [9.17, 15) is 43.2 Å². The fourth-order valence-corrected chi connectivity index (χ4v) is 13.4. The smallest absolute Gasteiger partial charge is 0.462 e. The number of ether oxygens (including phenoxy) is 4. The molecule has 0 heterocycles. The number of esters is 4. The SMILES string of the molecule is CCCCCCCCCCCCCCCCCCCCCC(=O)O[C@H](COC(=O)CCCCCCCCCCCCCCCCCC(C)C)COP(=O)(O)OC[C@@H](O)COP(=O)(O)OC[C@@H](COC(=O)CCCCCCCCCC)OC(=O)CCCCCCCCCCC(C)C. The van der Waals surface area contributed by atoms with E-state index in [0.717, 1.165) is 108 Å². The van der Waals surface area contributed by atoms with Crippen molar-refractivity contribution in [2.24, 2.45) is 11.8 Å². The van der Waals surface area contributed by atoms with Crippen molar-refractivity contribution >= 4 is 39.5 Å². The highest BCUT2D eigenvalue weighted by atomic mass is 31.2. The van der Waals surface area contributed by atoms with Crippen LogP contribution in [0, 0.1) is 11.8 Å². The zero-order chi connectivity index (χ0) is 70.7. The van der Waals surface area contributed by atoms with Crippen LogP contribution in [0.25, 0.3) is 0 Å². The molecule has 0 aliphatic carbocycles. The number of carbonyl (C=O) groups is 4. The largest absolute Gasteiger partial charge is 0.472 e. The molecule has 570 valence electrons. The number of phosphoric ester groups is 2. The Morgan fingerprint density at radius 3 is 0.708 bits per heavy atom. The van der Waals surface area contributed by atoms with Gasteiger partial charge in [0.2, 0.25) is 0 Å². The van der Waals surface area contributed by atoms with E-state index in [1.165, 1.54) is 212 Å². The molecular weight excluding hydrogens is 1260 g/mol. The Kier molecular flexibility index (Phi) is 67.4. The van der Waals surface area contributed by atoms with Crippen LogP contribution in [0.4, 0.5) is 0 Å². The fourth-order valence-electron chi connectivity index (χ4n) is 11.8. The van der Waals surface area contributed by atoms with Crippen molar-refractivity contribution in [2.45, 2.75) is 419 Å². The molecule has 0 bridgehead atoms. The molecule has 0 saturated carbocycles. The minimum Gasteiger partial charge on any atom is -0.462 e. The summed E-state index contributed by atoms with van der Waals surface area (Å²) in [7, 11) is -9.91. The second kappa shape index (κ2) is 68.8. The first kappa shape index (κ1) is 94.1. The maximum absolute atomic E-state index is 13.1. The maximum atomic E-state index is 13.1. The van der Waals surface area contributed by atoms with Crippen LogP contribution in [0.5, 0.6) is 0 Å². The van der Waals surface area contributed by atoms with Gasteiger partial charge in [0, 0.05) is 25.7 Å². The molecule has 19 heteroatoms. The van der Waals surface area contributed by atoms with E-state index in [4.69, 9.17) is 37.0 Å². The summed E-state index contributed by atoms with van der Waals surface area (Å²) in [4.78, 5) is 72.7. The summed E-state index contributed by atoms with van der Waals surface area (Å²) in [6, 6.07) is 0. The molecule has 0 amide bonds. The van der Waals surface area contributed by atoms with Crippen LogP contribution in [-0.2, 0) is 65.4 Å². The summed E-state index contributed by atoms with van der Waals surface area (Å²) in [5.74, 6) is -0.594. The first-order valence-corrected chi connectivity index (χ1v) is 43.0. The molecule has 0 fully saturated rings. The molecule has 0 saturated heterocycles. The first-order chi connectivity index (χ1) is 46.4. The Balaban J connectivity index is 5.19. The molecule has 2 unspecified atom stereocenters.